The zero-order valence-electron chi connectivity index (χ0n) is 7.31. The van der Waals surface area contributed by atoms with Crippen LogP contribution in [-0.2, 0) is 4.74 Å². The van der Waals surface area contributed by atoms with Gasteiger partial charge >= 0.3 is 6.09 Å². The highest BCUT2D eigenvalue weighted by Gasteiger charge is 2.08. The molecule has 1 aromatic heterocycles. The summed E-state index contributed by atoms with van der Waals surface area (Å²) in [5, 5.41) is 0.999. The molecule has 4 heteroatoms. The van der Waals surface area contributed by atoms with Crippen LogP contribution >= 0.6 is 11.6 Å². The van der Waals surface area contributed by atoms with Crippen LogP contribution in [0.4, 0.5) is 4.79 Å². The summed E-state index contributed by atoms with van der Waals surface area (Å²) in [6, 6.07) is 9.28. The van der Waals surface area contributed by atoms with Gasteiger partial charge in [0.1, 0.15) is 0 Å². The van der Waals surface area contributed by atoms with Gasteiger partial charge in [-0.1, -0.05) is 29.8 Å². The third kappa shape index (κ3) is 1.46. The monoisotopic (exact) mass is 209 g/mol. The molecule has 1 heterocycles. The molecule has 0 aliphatic carbocycles. The smallest absolute Gasteiger partial charge is 0.419 e. The van der Waals surface area contributed by atoms with E-state index in [-0.39, 0.29) is 6.07 Å². The number of rotatable bonds is 1. The lowest BCUT2D eigenvalue weighted by Gasteiger charge is -2.02. The highest BCUT2D eigenvalue weighted by atomic mass is 35.5. The summed E-state index contributed by atoms with van der Waals surface area (Å²) >= 11 is 5.31. The number of hydrogen-bond acceptors (Lipinski definition) is 2. The Morgan fingerprint density at radius 1 is 1.36 bits per heavy atom. The Morgan fingerprint density at radius 2 is 2.14 bits per heavy atom. The SMILES string of the molecule is O=C(OCCl)n1ccc2ccccc21. The second-order valence-electron chi connectivity index (χ2n) is 2.76. The molecule has 14 heavy (non-hydrogen) atoms. The van der Waals surface area contributed by atoms with E-state index in [0.29, 0.717) is 0 Å². The van der Waals surface area contributed by atoms with Crippen LogP contribution in [-0.4, -0.2) is 16.7 Å². The summed E-state index contributed by atoms with van der Waals surface area (Å²) in [7, 11) is 0. The summed E-state index contributed by atoms with van der Waals surface area (Å²) in [6.07, 6.45) is 1.21. The molecule has 0 spiro atoms. The van der Waals surface area contributed by atoms with Crippen molar-refractivity contribution in [3.05, 3.63) is 36.5 Å². The van der Waals surface area contributed by atoms with Gasteiger partial charge < -0.3 is 4.74 Å². The second-order valence-corrected chi connectivity index (χ2v) is 2.98. The molecule has 2 aromatic rings. The minimum Gasteiger partial charge on any atom is -0.433 e. The first kappa shape index (κ1) is 9.09. The number of nitrogens with zero attached hydrogens (tertiary/aromatic N) is 1. The first-order valence-electron chi connectivity index (χ1n) is 4.12. The zero-order chi connectivity index (χ0) is 9.97. The predicted octanol–water partition coefficient (Wildman–Crippen LogP) is 2.82. The van der Waals surface area contributed by atoms with Crippen LogP contribution in [0.5, 0.6) is 0 Å². The summed E-state index contributed by atoms with van der Waals surface area (Å²) in [6.45, 7) is 0. The van der Waals surface area contributed by atoms with Crippen molar-refractivity contribution in [1.82, 2.24) is 4.57 Å². The number of para-hydroxylation sites is 1. The number of halogens is 1. The van der Waals surface area contributed by atoms with E-state index in [2.05, 4.69) is 4.74 Å². The molecule has 0 saturated carbocycles. The third-order valence-corrected chi connectivity index (χ3v) is 2.08. The molecule has 0 fully saturated rings. The average molecular weight is 210 g/mol. The quantitative estimate of drug-likeness (QED) is 0.677. The lowest BCUT2D eigenvalue weighted by molar-refractivity contribution is 0.167. The Hall–Kier alpha value is -1.48. The fourth-order valence-electron chi connectivity index (χ4n) is 1.36. The summed E-state index contributed by atoms with van der Waals surface area (Å²) in [5.74, 6) is 0. The van der Waals surface area contributed by atoms with Gasteiger partial charge in [-0.25, -0.2) is 4.79 Å². The lowest BCUT2D eigenvalue weighted by Crippen LogP contribution is -2.11. The molecular formula is C10H8ClNO2. The zero-order valence-corrected chi connectivity index (χ0v) is 8.07. The molecule has 0 unspecified atom stereocenters. The standard InChI is InChI=1S/C10H8ClNO2/c11-7-14-10(13)12-6-5-8-3-1-2-4-9(8)12/h1-6H,7H2. The van der Waals surface area contributed by atoms with E-state index in [9.17, 15) is 4.79 Å². The summed E-state index contributed by atoms with van der Waals surface area (Å²) < 4.78 is 6.11. The molecule has 0 bridgehead atoms. The van der Waals surface area contributed by atoms with Crippen molar-refractivity contribution in [2.75, 3.05) is 6.07 Å². The van der Waals surface area contributed by atoms with Crippen molar-refractivity contribution in [2.24, 2.45) is 0 Å². The van der Waals surface area contributed by atoms with E-state index in [1.165, 1.54) is 4.57 Å². The van der Waals surface area contributed by atoms with Crippen LogP contribution in [0.15, 0.2) is 36.5 Å². The number of carbonyl (C=O) groups excluding carboxylic acids is 1. The number of fused-ring (bicyclic) bond motifs is 1. The molecule has 0 atom stereocenters. The third-order valence-electron chi connectivity index (χ3n) is 1.97. The van der Waals surface area contributed by atoms with Gasteiger partial charge in [-0.3, -0.25) is 4.57 Å². The van der Waals surface area contributed by atoms with E-state index < -0.39 is 6.09 Å². The second kappa shape index (κ2) is 3.72. The number of aromatic nitrogens is 1. The first-order valence-corrected chi connectivity index (χ1v) is 4.65. The molecule has 0 saturated heterocycles. The average Bonchev–Trinajstić information content (AvgIpc) is 2.61. The Morgan fingerprint density at radius 3 is 2.93 bits per heavy atom. The predicted molar refractivity (Wildman–Crippen MR) is 54.5 cm³/mol. The van der Waals surface area contributed by atoms with Crippen LogP contribution < -0.4 is 0 Å². The largest absolute Gasteiger partial charge is 0.433 e. The van der Waals surface area contributed by atoms with E-state index >= 15 is 0 Å². The molecule has 0 radical (unpaired) electrons. The molecule has 1 aromatic carbocycles. The van der Waals surface area contributed by atoms with E-state index in [1.807, 2.05) is 30.3 Å². The van der Waals surface area contributed by atoms with Gasteiger partial charge in [-0.05, 0) is 12.1 Å². The van der Waals surface area contributed by atoms with Crippen molar-refractivity contribution in [2.45, 2.75) is 0 Å². The Bertz CT molecular complexity index is 464. The van der Waals surface area contributed by atoms with Gasteiger partial charge in [0.05, 0.1) is 5.52 Å². The number of benzene rings is 1. The van der Waals surface area contributed by atoms with E-state index in [1.54, 1.807) is 6.20 Å². The maximum atomic E-state index is 11.4. The van der Waals surface area contributed by atoms with Crippen LogP contribution in [0, 0.1) is 0 Å². The molecule has 0 N–H and O–H groups in total. The molecule has 72 valence electrons. The van der Waals surface area contributed by atoms with Gasteiger partial charge in [0.15, 0.2) is 6.07 Å². The molecule has 2 rings (SSSR count). The number of alkyl halides is 1. The minimum atomic E-state index is -0.457. The maximum Gasteiger partial charge on any atom is 0.419 e. The summed E-state index contributed by atoms with van der Waals surface area (Å²) in [5.41, 5.74) is 0.822. The topological polar surface area (TPSA) is 31.2 Å². The molecule has 3 nitrogen and oxygen atoms in total. The van der Waals surface area contributed by atoms with E-state index in [4.69, 9.17) is 11.6 Å². The van der Waals surface area contributed by atoms with Gasteiger partial charge in [0.25, 0.3) is 0 Å². The lowest BCUT2D eigenvalue weighted by atomic mass is 10.2. The normalized spacial score (nSPS) is 10.4. The van der Waals surface area contributed by atoms with Crippen molar-refractivity contribution in [1.29, 1.82) is 0 Å². The Kier molecular flexibility index (Phi) is 2.41. The number of carbonyl (C=O) groups is 1. The Labute approximate surface area is 85.8 Å². The molecule has 0 aliphatic heterocycles. The molecule has 0 aliphatic rings. The van der Waals surface area contributed by atoms with Gasteiger partial charge in [0, 0.05) is 11.6 Å². The first-order chi connectivity index (χ1) is 6.83. The van der Waals surface area contributed by atoms with Gasteiger partial charge in [-0.15, -0.1) is 0 Å². The van der Waals surface area contributed by atoms with Crippen LogP contribution in [0.1, 0.15) is 0 Å². The van der Waals surface area contributed by atoms with Crippen LogP contribution in [0.3, 0.4) is 0 Å². The maximum absolute atomic E-state index is 11.4. The van der Waals surface area contributed by atoms with Crippen molar-refractivity contribution in [3.63, 3.8) is 0 Å². The highest BCUT2D eigenvalue weighted by Crippen LogP contribution is 2.15. The van der Waals surface area contributed by atoms with Crippen LogP contribution in [0.25, 0.3) is 10.9 Å². The number of hydrogen-bond donors (Lipinski definition) is 0. The number of ether oxygens (including phenoxy) is 1. The fraction of sp³-hybridized carbons (Fsp3) is 0.100. The van der Waals surface area contributed by atoms with E-state index in [0.717, 1.165) is 10.9 Å². The molecular weight excluding hydrogens is 202 g/mol. The summed E-state index contributed by atoms with van der Waals surface area (Å²) in [4.78, 5) is 11.4. The highest BCUT2D eigenvalue weighted by molar-refractivity contribution is 6.17. The molecule has 0 amide bonds. The van der Waals surface area contributed by atoms with Crippen molar-refractivity contribution in [3.8, 4) is 0 Å². The Balaban J connectivity index is 2.47. The van der Waals surface area contributed by atoms with Gasteiger partial charge in [0.2, 0.25) is 0 Å². The fourth-order valence-corrected chi connectivity index (χ4v) is 1.45. The minimum absolute atomic E-state index is 0.134. The van der Waals surface area contributed by atoms with Gasteiger partial charge in [-0.2, -0.15) is 0 Å². The van der Waals surface area contributed by atoms with Crippen molar-refractivity contribution >= 4 is 28.6 Å². The van der Waals surface area contributed by atoms with Crippen LogP contribution in [0.2, 0.25) is 0 Å². The van der Waals surface area contributed by atoms with Crippen molar-refractivity contribution < 1.29 is 9.53 Å².